The lowest BCUT2D eigenvalue weighted by Gasteiger charge is -2.37. The van der Waals surface area contributed by atoms with Crippen molar-refractivity contribution in [1.29, 1.82) is 0 Å². The van der Waals surface area contributed by atoms with Gasteiger partial charge in [-0.3, -0.25) is 14.9 Å². The summed E-state index contributed by atoms with van der Waals surface area (Å²) in [5.41, 5.74) is 0.996. The van der Waals surface area contributed by atoms with Gasteiger partial charge in [0.05, 0.1) is 11.5 Å². The molecule has 1 heterocycles. The van der Waals surface area contributed by atoms with Crippen LogP contribution >= 0.6 is 0 Å². The average molecular weight is 420 g/mol. The number of non-ortho nitro benzene ring substituents is 1. The standard InChI is InChI=1S/C23H20N2O6/c26-22(17-7-3-1-4-8-17)24-15-21(16-29-20-9-5-2-6-10-20)30-23(31-24)18-11-13-19(14-12-18)25(27)28/h1-14,21,23H,15-16H2. The van der Waals surface area contributed by atoms with Gasteiger partial charge in [0.25, 0.3) is 11.6 Å². The molecule has 0 aromatic heterocycles. The molecule has 8 heteroatoms. The maximum Gasteiger partial charge on any atom is 0.277 e. The van der Waals surface area contributed by atoms with E-state index >= 15 is 0 Å². The van der Waals surface area contributed by atoms with Crippen LogP contribution in [0.4, 0.5) is 5.69 Å². The first-order valence-electron chi connectivity index (χ1n) is 9.71. The maximum atomic E-state index is 13.0. The average Bonchev–Trinajstić information content (AvgIpc) is 2.83. The number of carbonyl (C=O) groups excluding carboxylic acids is 1. The largest absolute Gasteiger partial charge is 0.491 e. The van der Waals surface area contributed by atoms with Gasteiger partial charge < -0.3 is 9.47 Å². The topological polar surface area (TPSA) is 91.1 Å². The fraction of sp³-hybridized carbons (Fsp3) is 0.174. The van der Waals surface area contributed by atoms with Crippen molar-refractivity contribution < 1.29 is 24.0 Å². The molecule has 8 nitrogen and oxygen atoms in total. The fourth-order valence-corrected chi connectivity index (χ4v) is 3.13. The Bertz CT molecular complexity index is 1030. The van der Waals surface area contributed by atoms with E-state index in [0.29, 0.717) is 16.9 Å². The normalized spacial score (nSPS) is 18.4. The number of carbonyl (C=O) groups is 1. The van der Waals surface area contributed by atoms with Crippen molar-refractivity contribution in [1.82, 2.24) is 5.06 Å². The molecule has 1 saturated heterocycles. The van der Waals surface area contributed by atoms with Crippen LogP contribution in [0.3, 0.4) is 0 Å². The smallest absolute Gasteiger partial charge is 0.277 e. The third kappa shape index (κ3) is 5.06. The summed E-state index contributed by atoms with van der Waals surface area (Å²) in [6, 6.07) is 23.9. The minimum absolute atomic E-state index is 0.0410. The lowest BCUT2D eigenvalue weighted by Crippen LogP contribution is -2.47. The number of nitro groups is 1. The zero-order valence-electron chi connectivity index (χ0n) is 16.5. The number of nitrogens with zero attached hydrogens (tertiary/aromatic N) is 2. The first-order valence-corrected chi connectivity index (χ1v) is 9.71. The summed E-state index contributed by atoms with van der Waals surface area (Å²) in [5, 5.41) is 12.2. The van der Waals surface area contributed by atoms with Crippen molar-refractivity contribution in [3.63, 3.8) is 0 Å². The van der Waals surface area contributed by atoms with Crippen molar-refractivity contribution in [3.05, 3.63) is 106 Å². The lowest BCUT2D eigenvalue weighted by molar-refractivity contribution is -0.385. The van der Waals surface area contributed by atoms with E-state index in [1.807, 2.05) is 36.4 Å². The number of hydrogen-bond donors (Lipinski definition) is 0. The van der Waals surface area contributed by atoms with E-state index < -0.39 is 17.3 Å². The molecule has 0 spiro atoms. The quantitative estimate of drug-likeness (QED) is 0.440. The molecule has 3 aromatic rings. The van der Waals surface area contributed by atoms with Crippen molar-refractivity contribution in [2.45, 2.75) is 12.4 Å². The monoisotopic (exact) mass is 420 g/mol. The van der Waals surface area contributed by atoms with E-state index in [0.717, 1.165) is 0 Å². The number of benzene rings is 3. The second-order valence-corrected chi connectivity index (χ2v) is 6.90. The van der Waals surface area contributed by atoms with Crippen molar-refractivity contribution in [2.75, 3.05) is 13.2 Å². The highest BCUT2D eigenvalue weighted by Crippen LogP contribution is 2.29. The molecule has 0 radical (unpaired) electrons. The third-order valence-electron chi connectivity index (χ3n) is 4.71. The van der Waals surface area contributed by atoms with Crippen LogP contribution in [0, 0.1) is 10.1 Å². The molecular formula is C23H20N2O6. The van der Waals surface area contributed by atoms with Gasteiger partial charge in [-0.2, -0.15) is 0 Å². The predicted octanol–water partition coefficient (Wildman–Crippen LogP) is 4.15. The van der Waals surface area contributed by atoms with Crippen LogP contribution in [0.2, 0.25) is 0 Å². The van der Waals surface area contributed by atoms with Gasteiger partial charge in [-0.1, -0.05) is 36.4 Å². The van der Waals surface area contributed by atoms with Gasteiger partial charge in [0.1, 0.15) is 18.5 Å². The maximum absolute atomic E-state index is 13.0. The summed E-state index contributed by atoms with van der Waals surface area (Å²) in [4.78, 5) is 29.2. The molecule has 1 aliphatic heterocycles. The van der Waals surface area contributed by atoms with Gasteiger partial charge in [-0.05, 0) is 36.4 Å². The molecule has 31 heavy (non-hydrogen) atoms. The van der Waals surface area contributed by atoms with Gasteiger partial charge in [0.15, 0.2) is 0 Å². The Kier molecular flexibility index (Phi) is 6.21. The first kappa shape index (κ1) is 20.5. The summed E-state index contributed by atoms with van der Waals surface area (Å²) in [5.74, 6) is 0.380. The Morgan fingerprint density at radius 1 is 1.00 bits per heavy atom. The Morgan fingerprint density at radius 2 is 1.65 bits per heavy atom. The molecule has 1 aliphatic rings. The van der Waals surface area contributed by atoms with Crippen molar-refractivity contribution >= 4 is 11.6 Å². The predicted molar refractivity (Wildman–Crippen MR) is 111 cm³/mol. The van der Waals surface area contributed by atoms with Gasteiger partial charge in [-0.25, -0.2) is 9.90 Å². The number of hydroxylamine groups is 2. The van der Waals surface area contributed by atoms with Crippen LogP contribution < -0.4 is 4.74 Å². The number of amides is 1. The van der Waals surface area contributed by atoms with Crippen LogP contribution in [0.5, 0.6) is 5.75 Å². The number of ether oxygens (including phenoxy) is 2. The summed E-state index contributed by atoms with van der Waals surface area (Å²) in [6.45, 7) is 0.374. The zero-order chi connectivity index (χ0) is 21.6. The van der Waals surface area contributed by atoms with Crippen LogP contribution in [-0.2, 0) is 9.57 Å². The molecule has 0 aliphatic carbocycles. The molecule has 0 N–H and O–H groups in total. The summed E-state index contributed by atoms with van der Waals surface area (Å²) >= 11 is 0. The number of rotatable bonds is 6. The Labute approximate surface area is 178 Å². The molecule has 4 rings (SSSR count). The number of hydrogen-bond acceptors (Lipinski definition) is 6. The van der Waals surface area contributed by atoms with Crippen LogP contribution in [0.15, 0.2) is 84.9 Å². The van der Waals surface area contributed by atoms with Gasteiger partial charge in [0.2, 0.25) is 6.29 Å². The van der Waals surface area contributed by atoms with Gasteiger partial charge in [0, 0.05) is 23.3 Å². The van der Waals surface area contributed by atoms with E-state index in [-0.39, 0.29) is 24.7 Å². The van der Waals surface area contributed by atoms with E-state index in [9.17, 15) is 14.9 Å². The van der Waals surface area contributed by atoms with E-state index in [1.54, 1.807) is 36.4 Å². The highest BCUT2D eigenvalue weighted by atomic mass is 16.8. The molecule has 2 unspecified atom stereocenters. The van der Waals surface area contributed by atoms with Gasteiger partial charge >= 0.3 is 0 Å². The second-order valence-electron chi connectivity index (χ2n) is 6.90. The second kappa shape index (κ2) is 9.38. The Balaban J connectivity index is 1.53. The van der Waals surface area contributed by atoms with Crippen LogP contribution in [0.25, 0.3) is 0 Å². The van der Waals surface area contributed by atoms with E-state index in [4.69, 9.17) is 14.3 Å². The molecule has 158 valence electrons. The van der Waals surface area contributed by atoms with Crippen LogP contribution in [0.1, 0.15) is 22.2 Å². The number of nitro benzene ring substituents is 1. The molecule has 2 atom stereocenters. The highest BCUT2D eigenvalue weighted by molar-refractivity contribution is 5.93. The molecule has 0 bridgehead atoms. The number of para-hydroxylation sites is 1. The summed E-state index contributed by atoms with van der Waals surface area (Å²) < 4.78 is 11.8. The minimum Gasteiger partial charge on any atom is -0.491 e. The SMILES string of the molecule is O=C(c1ccccc1)N1CC(COc2ccccc2)OC(c2ccc([N+](=O)[O-])cc2)O1. The summed E-state index contributed by atoms with van der Waals surface area (Å²) in [6.07, 6.45) is -1.38. The molecular weight excluding hydrogens is 400 g/mol. The van der Waals surface area contributed by atoms with Crippen LogP contribution in [-0.4, -0.2) is 35.1 Å². The lowest BCUT2D eigenvalue weighted by atomic mass is 10.2. The van der Waals surface area contributed by atoms with E-state index in [2.05, 4.69) is 0 Å². The Hall–Kier alpha value is -3.75. The molecule has 1 fully saturated rings. The zero-order valence-corrected chi connectivity index (χ0v) is 16.5. The highest BCUT2D eigenvalue weighted by Gasteiger charge is 2.34. The van der Waals surface area contributed by atoms with Crippen molar-refractivity contribution in [3.8, 4) is 5.75 Å². The van der Waals surface area contributed by atoms with E-state index in [1.165, 1.54) is 17.2 Å². The van der Waals surface area contributed by atoms with Crippen molar-refractivity contribution in [2.24, 2.45) is 0 Å². The summed E-state index contributed by atoms with van der Waals surface area (Å²) in [7, 11) is 0. The first-order chi connectivity index (χ1) is 15.1. The molecule has 0 saturated carbocycles. The molecule has 1 amide bonds. The van der Waals surface area contributed by atoms with Gasteiger partial charge in [-0.15, -0.1) is 0 Å². The molecule has 3 aromatic carbocycles. The minimum atomic E-state index is -0.911. The third-order valence-corrected chi connectivity index (χ3v) is 4.71. The Morgan fingerprint density at radius 3 is 2.29 bits per heavy atom. The fourth-order valence-electron chi connectivity index (χ4n) is 3.13.